The number of Topliss-reactive ketones (excluding diaryl/α,β-unsaturated/α-hetero) is 1. The van der Waals surface area contributed by atoms with Crippen LogP contribution in [0.25, 0.3) is 0 Å². The zero-order valence-corrected chi connectivity index (χ0v) is 21.3. The number of pyridine rings is 1. The van der Waals surface area contributed by atoms with Gasteiger partial charge in [-0.2, -0.15) is 0 Å². The highest BCUT2D eigenvalue weighted by Crippen LogP contribution is 2.52. The SMILES string of the molecule is CN1C(N)=N[C@](C)(c2cc(CC(=O)c3ccc(F)cn3)ccc2F)C2(CCN(C(=O)C3CC3)C2)S1(=O)=O. The second-order valence-corrected chi connectivity index (χ2v) is 12.3. The van der Waals surface area contributed by atoms with Crippen LogP contribution in [0, 0.1) is 17.6 Å². The predicted molar refractivity (Wildman–Crippen MR) is 131 cm³/mol. The third-order valence-electron chi connectivity index (χ3n) is 7.81. The number of amides is 1. The minimum absolute atomic E-state index is 0.0368. The molecule has 3 heterocycles. The minimum atomic E-state index is -4.17. The molecule has 2 aliphatic heterocycles. The summed E-state index contributed by atoms with van der Waals surface area (Å²) in [4.78, 5) is 35.4. The Morgan fingerprint density at radius 1 is 1.19 bits per heavy atom. The molecule has 1 aromatic carbocycles. The Kier molecular flexibility index (Phi) is 5.85. The van der Waals surface area contributed by atoms with Gasteiger partial charge in [0.15, 0.2) is 5.78 Å². The first kappa shape index (κ1) is 25.2. The quantitative estimate of drug-likeness (QED) is 0.588. The smallest absolute Gasteiger partial charge is 0.247 e. The number of guanidine groups is 1. The van der Waals surface area contributed by atoms with E-state index in [1.165, 1.54) is 37.1 Å². The molecule has 1 saturated heterocycles. The number of rotatable bonds is 5. The lowest BCUT2D eigenvalue weighted by atomic mass is 9.77. The van der Waals surface area contributed by atoms with Crippen molar-refractivity contribution >= 4 is 27.7 Å². The lowest BCUT2D eigenvalue weighted by Gasteiger charge is -2.48. The van der Waals surface area contributed by atoms with Gasteiger partial charge in [0.1, 0.15) is 27.6 Å². The lowest BCUT2D eigenvalue weighted by Crippen LogP contribution is -2.66. The van der Waals surface area contributed by atoms with E-state index in [1.54, 1.807) is 0 Å². The Hall–Kier alpha value is -3.41. The van der Waals surface area contributed by atoms with Crippen LogP contribution in [-0.2, 0) is 26.8 Å². The van der Waals surface area contributed by atoms with Crippen LogP contribution in [0.4, 0.5) is 8.78 Å². The molecule has 2 aromatic rings. The fourth-order valence-corrected chi connectivity index (χ4v) is 7.52. The number of halogens is 2. The second-order valence-electron chi connectivity index (χ2n) is 10.1. The molecule has 0 radical (unpaired) electrons. The van der Waals surface area contributed by atoms with Gasteiger partial charge in [0.2, 0.25) is 21.9 Å². The van der Waals surface area contributed by atoms with Gasteiger partial charge in [-0.1, -0.05) is 6.07 Å². The Balaban J connectivity index is 1.58. The molecule has 3 aliphatic rings. The van der Waals surface area contributed by atoms with Crippen molar-refractivity contribution in [3.05, 3.63) is 65.0 Å². The van der Waals surface area contributed by atoms with E-state index in [4.69, 9.17) is 5.73 Å². The highest BCUT2D eigenvalue weighted by atomic mass is 32.2. The highest BCUT2D eigenvalue weighted by molar-refractivity contribution is 7.91. The molecule has 1 saturated carbocycles. The number of sulfonamides is 1. The van der Waals surface area contributed by atoms with E-state index in [9.17, 15) is 22.4 Å². The van der Waals surface area contributed by atoms with Gasteiger partial charge in [-0.3, -0.25) is 14.6 Å². The van der Waals surface area contributed by atoms with E-state index in [2.05, 4.69) is 9.98 Å². The molecule has 2 atom stereocenters. The molecule has 0 bridgehead atoms. The standard InChI is InChI=1S/C25H27F2N5O4S/c1-24(18-11-15(3-7-19(18)27)12-21(33)20-8-6-17(26)13-29-20)25(37(35,36)31(2)23(28)30-24)9-10-32(14-25)22(34)16-4-5-16/h3,6-8,11,13,16H,4-5,9-10,12,14H2,1-2H3,(H2,28,30)/t24-,25?/m1/s1. The largest absolute Gasteiger partial charge is 0.369 e. The zero-order chi connectivity index (χ0) is 26.8. The Labute approximate surface area is 213 Å². The van der Waals surface area contributed by atoms with E-state index < -0.39 is 37.7 Å². The normalized spacial score (nSPS) is 26.9. The van der Waals surface area contributed by atoms with Gasteiger partial charge >= 0.3 is 0 Å². The number of carbonyl (C=O) groups is 2. The van der Waals surface area contributed by atoms with Gasteiger partial charge in [-0.15, -0.1) is 0 Å². The average molecular weight is 532 g/mol. The molecule has 5 rings (SSSR count). The number of hydrogen-bond acceptors (Lipinski definition) is 7. The number of likely N-dealkylation sites (tertiary alicyclic amines) is 1. The summed E-state index contributed by atoms with van der Waals surface area (Å²) in [6.45, 7) is 1.56. The summed E-state index contributed by atoms with van der Waals surface area (Å²) < 4.78 is 55.7. The first-order valence-corrected chi connectivity index (χ1v) is 13.4. The molecule has 1 aromatic heterocycles. The van der Waals surface area contributed by atoms with Gasteiger partial charge in [-0.25, -0.2) is 26.5 Å². The fraction of sp³-hybridized carbons (Fsp3) is 0.440. The van der Waals surface area contributed by atoms with Crippen LogP contribution in [0.15, 0.2) is 41.5 Å². The monoisotopic (exact) mass is 531 g/mol. The number of ketones is 1. The average Bonchev–Trinajstić information content (AvgIpc) is 3.60. The van der Waals surface area contributed by atoms with Crippen molar-refractivity contribution in [2.24, 2.45) is 16.6 Å². The molecule has 1 aliphatic carbocycles. The highest BCUT2D eigenvalue weighted by Gasteiger charge is 2.66. The van der Waals surface area contributed by atoms with Crippen LogP contribution < -0.4 is 5.73 Å². The molecule has 1 spiro atoms. The molecule has 196 valence electrons. The van der Waals surface area contributed by atoms with E-state index in [0.29, 0.717) is 5.56 Å². The molecule has 2 N–H and O–H groups in total. The van der Waals surface area contributed by atoms with Crippen molar-refractivity contribution in [3.8, 4) is 0 Å². The first-order chi connectivity index (χ1) is 17.4. The summed E-state index contributed by atoms with van der Waals surface area (Å²) in [6.07, 6.45) is 2.35. The maximum atomic E-state index is 15.5. The number of benzene rings is 1. The van der Waals surface area contributed by atoms with Gasteiger partial charge in [-0.05, 0) is 56.0 Å². The Morgan fingerprint density at radius 2 is 1.92 bits per heavy atom. The van der Waals surface area contributed by atoms with Gasteiger partial charge in [0.05, 0.1) is 6.20 Å². The van der Waals surface area contributed by atoms with E-state index >= 15 is 4.39 Å². The number of hydrogen-bond donors (Lipinski definition) is 1. The molecule has 9 nitrogen and oxygen atoms in total. The molecular weight excluding hydrogens is 504 g/mol. The first-order valence-electron chi connectivity index (χ1n) is 12.0. The van der Waals surface area contributed by atoms with Crippen molar-refractivity contribution in [1.82, 2.24) is 14.2 Å². The third kappa shape index (κ3) is 3.89. The van der Waals surface area contributed by atoms with Crippen LogP contribution in [0.3, 0.4) is 0 Å². The predicted octanol–water partition coefficient (Wildman–Crippen LogP) is 1.97. The topological polar surface area (TPSA) is 126 Å². The summed E-state index contributed by atoms with van der Waals surface area (Å²) in [5.74, 6) is -2.21. The van der Waals surface area contributed by atoms with Crippen molar-refractivity contribution in [1.29, 1.82) is 0 Å². The van der Waals surface area contributed by atoms with Crippen LogP contribution in [0.2, 0.25) is 0 Å². The number of carbonyl (C=O) groups excluding carboxylic acids is 2. The summed E-state index contributed by atoms with van der Waals surface area (Å²) >= 11 is 0. The summed E-state index contributed by atoms with van der Waals surface area (Å²) in [6, 6.07) is 6.38. The van der Waals surface area contributed by atoms with Crippen LogP contribution >= 0.6 is 0 Å². The Bertz CT molecular complexity index is 1430. The maximum absolute atomic E-state index is 15.5. The Morgan fingerprint density at radius 3 is 2.57 bits per heavy atom. The molecular formula is C25H27F2N5O4S. The van der Waals surface area contributed by atoms with Crippen molar-refractivity contribution in [3.63, 3.8) is 0 Å². The van der Waals surface area contributed by atoms with E-state index in [0.717, 1.165) is 35.5 Å². The van der Waals surface area contributed by atoms with Gasteiger partial charge in [0.25, 0.3) is 0 Å². The van der Waals surface area contributed by atoms with E-state index in [1.807, 2.05) is 0 Å². The number of nitrogens with zero attached hydrogens (tertiary/aromatic N) is 4. The zero-order valence-electron chi connectivity index (χ0n) is 20.4. The van der Waals surface area contributed by atoms with Crippen LogP contribution in [-0.4, -0.2) is 65.1 Å². The van der Waals surface area contributed by atoms with Crippen LogP contribution in [0.5, 0.6) is 0 Å². The maximum Gasteiger partial charge on any atom is 0.247 e. The lowest BCUT2D eigenvalue weighted by molar-refractivity contribution is -0.131. The summed E-state index contributed by atoms with van der Waals surface area (Å²) in [7, 11) is -2.88. The van der Waals surface area contributed by atoms with Crippen LogP contribution in [0.1, 0.15) is 47.8 Å². The van der Waals surface area contributed by atoms with E-state index in [-0.39, 0.29) is 55.0 Å². The molecule has 37 heavy (non-hydrogen) atoms. The van der Waals surface area contributed by atoms with Crippen molar-refractivity contribution in [2.75, 3.05) is 20.1 Å². The minimum Gasteiger partial charge on any atom is -0.369 e. The van der Waals surface area contributed by atoms with Crippen molar-refractivity contribution < 1.29 is 26.8 Å². The number of aliphatic imine (C=N–C) groups is 1. The number of nitrogens with two attached hydrogens (primary N) is 1. The second kappa shape index (κ2) is 8.57. The molecule has 2 fully saturated rings. The summed E-state index contributed by atoms with van der Waals surface area (Å²) in [5.41, 5.74) is 4.76. The molecule has 1 unspecified atom stereocenters. The molecule has 12 heteroatoms. The van der Waals surface area contributed by atoms with Gasteiger partial charge < -0.3 is 10.6 Å². The summed E-state index contributed by atoms with van der Waals surface area (Å²) in [5, 5.41) is 0. The molecule has 1 amide bonds. The fourth-order valence-electron chi connectivity index (χ4n) is 5.38. The third-order valence-corrected chi connectivity index (χ3v) is 10.4. The van der Waals surface area contributed by atoms with Gasteiger partial charge in [0, 0.05) is 38.0 Å². The number of aromatic nitrogens is 1. The van der Waals surface area contributed by atoms with Crippen molar-refractivity contribution in [2.45, 2.75) is 42.9 Å².